The van der Waals surface area contributed by atoms with Crippen LogP contribution in [0.15, 0.2) is 28.7 Å². The molecule has 3 heteroatoms. The third kappa shape index (κ3) is 7.71. The van der Waals surface area contributed by atoms with Gasteiger partial charge in [0, 0.05) is 11.1 Å². The molecule has 1 atom stereocenters. The summed E-state index contributed by atoms with van der Waals surface area (Å²) < 4.78 is 6.83. The Balaban J connectivity index is 2.48. The van der Waals surface area contributed by atoms with Crippen LogP contribution in [0, 0.1) is 5.92 Å². The van der Waals surface area contributed by atoms with Crippen LogP contribution in [0.3, 0.4) is 0 Å². The third-order valence-corrected chi connectivity index (χ3v) is 3.57. The SMILES string of the molecule is CCNCC(CCOC(C)C)Cc1cccc(Br)c1. The summed E-state index contributed by atoms with van der Waals surface area (Å²) in [5.41, 5.74) is 1.39. The minimum absolute atomic E-state index is 0.325. The van der Waals surface area contributed by atoms with E-state index in [0.29, 0.717) is 12.0 Å². The summed E-state index contributed by atoms with van der Waals surface area (Å²) in [6.45, 7) is 9.27. The van der Waals surface area contributed by atoms with E-state index in [1.807, 2.05) is 0 Å². The van der Waals surface area contributed by atoms with Gasteiger partial charge in [0.25, 0.3) is 0 Å². The Hall–Kier alpha value is -0.380. The lowest BCUT2D eigenvalue weighted by molar-refractivity contribution is 0.0683. The highest BCUT2D eigenvalue weighted by molar-refractivity contribution is 9.10. The van der Waals surface area contributed by atoms with Crippen LogP contribution in [0.4, 0.5) is 0 Å². The Morgan fingerprint density at radius 3 is 2.74 bits per heavy atom. The summed E-state index contributed by atoms with van der Waals surface area (Å²) in [5.74, 6) is 0.632. The molecule has 0 spiro atoms. The summed E-state index contributed by atoms with van der Waals surface area (Å²) in [5, 5.41) is 3.45. The van der Waals surface area contributed by atoms with Gasteiger partial charge in [-0.3, -0.25) is 0 Å². The van der Waals surface area contributed by atoms with Crippen molar-refractivity contribution in [3.05, 3.63) is 34.3 Å². The highest BCUT2D eigenvalue weighted by atomic mass is 79.9. The van der Waals surface area contributed by atoms with Gasteiger partial charge in [-0.15, -0.1) is 0 Å². The van der Waals surface area contributed by atoms with Crippen molar-refractivity contribution < 1.29 is 4.74 Å². The molecule has 0 heterocycles. The topological polar surface area (TPSA) is 21.3 Å². The molecule has 0 saturated heterocycles. The molecule has 0 amide bonds. The fourth-order valence-electron chi connectivity index (χ4n) is 2.09. The van der Waals surface area contributed by atoms with Gasteiger partial charge in [-0.1, -0.05) is 35.0 Å². The fraction of sp³-hybridized carbons (Fsp3) is 0.625. The molecule has 0 aliphatic rings. The second kappa shape index (κ2) is 9.51. The number of halogens is 1. The average molecular weight is 328 g/mol. The second-order valence-corrected chi connectivity index (χ2v) is 6.13. The van der Waals surface area contributed by atoms with Gasteiger partial charge in [0.05, 0.1) is 6.10 Å². The van der Waals surface area contributed by atoms with Gasteiger partial charge in [-0.05, 0) is 63.4 Å². The van der Waals surface area contributed by atoms with Crippen LogP contribution in [0.2, 0.25) is 0 Å². The van der Waals surface area contributed by atoms with E-state index in [1.165, 1.54) is 5.56 Å². The van der Waals surface area contributed by atoms with E-state index in [0.717, 1.165) is 37.0 Å². The molecule has 2 nitrogen and oxygen atoms in total. The van der Waals surface area contributed by atoms with E-state index in [1.54, 1.807) is 0 Å². The van der Waals surface area contributed by atoms with Crippen molar-refractivity contribution >= 4 is 15.9 Å². The minimum Gasteiger partial charge on any atom is -0.379 e. The van der Waals surface area contributed by atoms with Crippen molar-refractivity contribution in [3.63, 3.8) is 0 Å². The van der Waals surface area contributed by atoms with E-state index in [9.17, 15) is 0 Å². The largest absolute Gasteiger partial charge is 0.379 e. The van der Waals surface area contributed by atoms with Gasteiger partial charge in [-0.25, -0.2) is 0 Å². The number of nitrogens with one attached hydrogen (secondary N) is 1. The van der Waals surface area contributed by atoms with Gasteiger partial charge in [0.2, 0.25) is 0 Å². The average Bonchev–Trinajstić information content (AvgIpc) is 2.35. The molecule has 0 radical (unpaired) electrons. The zero-order valence-electron chi connectivity index (χ0n) is 12.3. The van der Waals surface area contributed by atoms with Crippen molar-refractivity contribution in [2.75, 3.05) is 19.7 Å². The molecule has 0 bridgehead atoms. The first kappa shape index (κ1) is 16.7. The standard InChI is InChI=1S/C16H26BrNO/c1-4-18-12-15(8-9-19-13(2)3)10-14-6-5-7-16(17)11-14/h5-7,11,13,15,18H,4,8-10,12H2,1-3H3. The van der Waals surface area contributed by atoms with Gasteiger partial charge < -0.3 is 10.1 Å². The Labute approximate surface area is 126 Å². The number of hydrogen-bond donors (Lipinski definition) is 1. The normalized spacial score (nSPS) is 12.9. The first-order valence-corrected chi connectivity index (χ1v) is 7.97. The van der Waals surface area contributed by atoms with Gasteiger partial charge in [0.15, 0.2) is 0 Å². The maximum atomic E-state index is 5.68. The molecule has 1 N–H and O–H groups in total. The zero-order chi connectivity index (χ0) is 14.1. The summed E-state index contributed by atoms with van der Waals surface area (Å²) >= 11 is 3.54. The van der Waals surface area contributed by atoms with E-state index in [4.69, 9.17) is 4.74 Å². The van der Waals surface area contributed by atoms with Crippen LogP contribution in [0.1, 0.15) is 32.8 Å². The summed E-state index contributed by atoms with van der Waals surface area (Å²) in [7, 11) is 0. The number of hydrogen-bond acceptors (Lipinski definition) is 2. The highest BCUT2D eigenvalue weighted by Crippen LogP contribution is 2.17. The Bertz CT molecular complexity index is 354. The van der Waals surface area contributed by atoms with Crippen LogP contribution in [0.5, 0.6) is 0 Å². The molecule has 1 rings (SSSR count). The minimum atomic E-state index is 0.325. The number of ether oxygens (including phenoxy) is 1. The van der Waals surface area contributed by atoms with Crippen LogP contribution in [0.25, 0.3) is 0 Å². The highest BCUT2D eigenvalue weighted by Gasteiger charge is 2.10. The lowest BCUT2D eigenvalue weighted by atomic mass is 9.96. The molecule has 0 aliphatic heterocycles. The van der Waals surface area contributed by atoms with E-state index in [2.05, 4.69) is 66.3 Å². The summed E-state index contributed by atoms with van der Waals surface area (Å²) in [6, 6.07) is 8.59. The molecule has 0 aliphatic carbocycles. The Kier molecular flexibility index (Phi) is 8.35. The smallest absolute Gasteiger partial charge is 0.0518 e. The van der Waals surface area contributed by atoms with Crippen molar-refractivity contribution in [1.29, 1.82) is 0 Å². The molecule has 1 unspecified atom stereocenters. The molecule has 19 heavy (non-hydrogen) atoms. The van der Waals surface area contributed by atoms with Gasteiger partial charge in [-0.2, -0.15) is 0 Å². The lowest BCUT2D eigenvalue weighted by Gasteiger charge is -2.18. The molecule has 1 aromatic carbocycles. The predicted molar refractivity (Wildman–Crippen MR) is 85.6 cm³/mol. The van der Waals surface area contributed by atoms with Crippen LogP contribution in [-0.2, 0) is 11.2 Å². The number of benzene rings is 1. The van der Waals surface area contributed by atoms with Crippen LogP contribution < -0.4 is 5.32 Å². The molecule has 1 aromatic rings. The first-order valence-electron chi connectivity index (χ1n) is 7.18. The van der Waals surface area contributed by atoms with E-state index in [-0.39, 0.29) is 0 Å². The van der Waals surface area contributed by atoms with Crippen molar-refractivity contribution in [2.24, 2.45) is 5.92 Å². The van der Waals surface area contributed by atoms with E-state index >= 15 is 0 Å². The van der Waals surface area contributed by atoms with Crippen molar-refractivity contribution in [3.8, 4) is 0 Å². The monoisotopic (exact) mass is 327 g/mol. The first-order chi connectivity index (χ1) is 9.11. The quantitative estimate of drug-likeness (QED) is 0.739. The summed E-state index contributed by atoms with van der Waals surface area (Å²) in [4.78, 5) is 0. The molecule has 108 valence electrons. The molecule has 0 saturated carbocycles. The molecule has 0 fully saturated rings. The maximum absolute atomic E-state index is 5.68. The number of rotatable bonds is 9. The predicted octanol–water partition coefficient (Wildman–Crippen LogP) is 4.03. The Morgan fingerprint density at radius 2 is 2.11 bits per heavy atom. The second-order valence-electron chi connectivity index (χ2n) is 5.22. The zero-order valence-corrected chi connectivity index (χ0v) is 13.9. The molecule has 0 aromatic heterocycles. The fourth-order valence-corrected chi connectivity index (χ4v) is 2.54. The van der Waals surface area contributed by atoms with Gasteiger partial charge >= 0.3 is 0 Å². The Morgan fingerprint density at radius 1 is 1.32 bits per heavy atom. The van der Waals surface area contributed by atoms with Gasteiger partial charge in [0.1, 0.15) is 0 Å². The maximum Gasteiger partial charge on any atom is 0.0518 e. The lowest BCUT2D eigenvalue weighted by Crippen LogP contribution is -2.25. The molecular weight excluding hydrogens is 302 g/mol. The molecular formula is C16H26BrNO. The van der Waals surface area contributed by atoms with Crippen molar-refractivity contribution in [2.45, 2.75) is 39.7 Å². The van der Waals surface area contributed by atoms with E-state index < -0.39 is 0 Å². The third-order valence-electron chi connectivity index (χ3n) is 3.07. The van der Waals surface area contributed by atoms with Crippen LogP contribution in [-0.4, -0.2) is 25.8 Å². The van der Waals surface area contributed by atoms with Crippen LogP contribution >= 0.6 is 15.9 Å². The summed E-state index contributed by atoms with van der Waals surface area (Å²) in [6.07, 6.45) is 2.54. The van der Waals surface area contributed by atoms with Crippen molar-refractivity contribution in [1.82, 2.24) is 5.32 Å².